The Morgan fingerprint density at radius 1 is 1.07 bits per heavy atom. The molecule has 0 aliphatic rings. The summed E-state index contributed by atoms with van der Waals surface area (Å²) in [5.41, 5.74) is 16.2. The van der Waals surface area contributed by atoms with Crippen LogP contribution in [0.1, 0.15) is 17.0 Å². The summed E-state index contributed by atoms with van der Waals surface area (Å²) in [5.74, 6) is 1.17. The normalized spacial score (nSPS) is 11.2. The summed E-state index contributed by atoms with van der Waals surface area (Å²) in [5, 5.41) is 3.81. The predicted octanol–water partition coefficient (Wildman–Crippen LogP) is 2.10. The molecule has 28 heavy (non-hydrogen) atoms. The van der Waals surface area contributed by atoms with Gasteiger partial charge in [-0.3, -0.25) is 4.79 Å². The number of nitrogens with one attached hydrogen (secondary N) is 1. The monoisotopic (exact) mass is 374 g/mol. The van der Waals surface area contributed by atoms with Gasteiger partial charge in [0, 0.05) is 18.5 Å². The molecule has 5 N–H and O–H groups in total. The van der Waals surface area contributed by atoms with Crippen LogP contribution in [-0.2, 0) is 17.9 Å². The number of para-hydroxylation sites is 1. The number of carbonyl (C=O) groups is 1. The van der Waals surface area contributed by atoms with Crippen LogP contribution in [0.2, 0.25) is 0 Å². The SMILES string of the molecule is Cc1nc2c(N)nc3ccccc3c2n1Cc1ccc(CNC(=O)CN)cc1. The van der Waals surface area contributed by atoms with Crippen LogP contribution >= 0.6 is 0 Å². The lowest BCUT2D eigenvalue weighted by Crippen LogP contribution is -2.29. The van der Waals surface area contributed by atoms with Crippen LogP contribution in [0, 0.1) is 6.92 Å². The highest BCUT2D eigenvalue weighted by Gasteiger charge is 2.15. The fourth-order valence-corrected chi connectivity index (χ4v) is 3.38. The summed E-state index contributed by atoms with van der Waals surface area (Å²) < 4.78 is 2.17. The van der Waals surface area contributed by atoms with E-state index in [1.54, 1.807) is 0 Å². The molecule has 0 aliphatic heterocycles. The van der Waals surface area contributed by atoms with Gasteiger partial charge in [0.1, 0.15) is 11.3 Å². The van der Waals surface area contributed by atoms with Crippen LogP contribution in [0.5, 0.6) is 0 Å². The largest absolute Gasteiger partial charge is 0.382 e. The molecule has 7 nitrogen and oxygen atoms in total. The number of nitrogen functional groups attached to an aromatic ring is 1. The van der Waals surface area contributed by atoms with E-state index in [0.29, 0.717) is 18.9 Å². The number of nitrogens with zero attached hydrogens (tertiary/aromatic N) is 3. The highest BCUT2D eigenvalue weighted by atomic mass is 16.1. The average Bonchev–Trinajstić information content (AvgIpc) is 3.04. The zero-order valence-electron chi connectivity index (χ0n) is 15.6. The summed E-state index contributed by atoms with van der Waals surface area (Å²) in [6.07, 6.45) is 0. The topological polar surface area (TPSA) is 112 Å². The van der Waals surface area contributed by atoms with Gasteiger partial charge < -0.3 is 21.4 Å². The minimum Gasteiger partial charge on any atom is -0.382 e. The highest BCUT2D eigenvalue weighted by molar-refractivity contribution is 6.06. The number of hydrogen-bond acceptors (Lipinski definition) is 5. The summed E-state index contributed by atoms with van der Waals surface area (Å²) in [6, 6.07) is 16.1. The first-order valence-electron chi connectivity index (χ1n) is 9.12. The molecule has 0 aliphatic carbocycles. The minimum atomic E-state index is -0.164. The molecular formula is C21H22N6O. The number of nitrogens with two attached hydrogens (primary N) is 2. The van der Waals surface area contributed by atoms with E-state index >= 15 is 0 Å². The first-order chi connectivity index (χ1) is 13.6. The molecule has 2 aromatic heterocycles. The highest BCUT2D eigenvalue weighted by Crippen LogP contribution is 2.29. The Kier molecular flexibility index (Phi) is 4.67. The van der Waals surface area contributed by atoms with Gasteiger partial charge in [-0.05, 0) is 24.1 Å². The molecule has 142 valence electrons. The number of benzene rings is 2. The Labute approximate surface area is 162 Å². The molecule has 0 spiro atoms. The van der Waals surface area contributed by atoms with Crippen molar-refractivity contribution < 1.29 is 4.79 Å². The number of fused-ring (bicyclic) bond motifs is 3. The third-order valence-corrected chi connectivity index (χ3v) is 4.84. The van der Waals surface area contributed by atoms with Crippen LogP contribution in [0.3, 0.4) is 0 Å². The fourth-order valence-electron chi connectivity index (χ4n) is 3.38. The van der Waals surface area contributed by atoms with Gasteiger partial charge in [0.25, 0.3) is 0 Å². The van der Waals surface area contributed by atoms with E-state index in [1.165, 1.54) is 0 Å². The maximum absolute atomic E-state index is 11.3. The van der Waals surface area contributed by atoms with E-state index in [2.05, 4.69) is 32.0 Å². The first kappa shape index (κ1) is 17.9. The van der Waals surface area contributed by atoms with Crippen molar-refractivity contribution in [1.29, 1.82) is 0 Å². The number of aryl methyl sites for hydroxylation is 1. The fraction of sp³-hybridized carbons (Fsp3) is 0.190. The number of amides is 1. The number of carbonyl (C=O) groups excluding carboxylic acids is 1. The minimum absolute atomic E-state index is 0.00297. The summed E-state index contributed by atoms with van der Waals surface area (Å²) in [7, 11) is 0. The summed E-state index contributed by atoms with van der Waals surface area (Å²) >= 11 is 0. The quantitative estimate of drug-likeness (QED) is 0.495. The van der Waals surface area contributed by atoms with Crippen molar-refractivity contribution in [3.63, 3.8) is 0 Å². The smallest absolute Gasteiger partial charge is 0.234 e. The van der Waals surface area contributed by atoms with E-state index in [-0.39, 0.29) is 12.5 Å². The Bertz CT molecular complexity index is 1160. The maximum atomic E-state index is 11.3. The zero-order valence-corrected chi connectivity index (χ0v) is 15.6. The van der Waals surface area contributed by atoms with Crippen LogP contribution in [0.4, 0.5) is 5.82 Å². The molecule has 0 bridgehead atoms. The Hall–Kier alpha value is -3.45. The molecule has 0 radical (unpaired) electrons. The van der Waals surface area contributed by atoms with Gasteiger partial charge in [0.15, 0.2) is 5.82 Å². The van der Waals surface area contributed by atoms with Gasteiger partial charge in [-0.2, -0.15) is 0 Å². The lowest BCUT2D eigenvalue weighted by Gasteiger charge is -2.10. The Balaban J connectivity index is 1.68. The van der Waals surface area contributed by atoms with E-state index in [4.69, 9.17) is 11.5 Å². The second-order valence-electron chi connectivity index (χ2n) is 6.75. The lowest BCUT2D eigenvalue weighted by molar-refractivity contribution is -0.119. The number of pyridine rings is 1. The lowest BCUT2D eigenvalue weighted by atomic mass is 10.1. The number of imidazole rings is 1. The van der Waals surface area contributed by atoms with Gasteiger partial charge in [-0.15, -0.1) is 0 Å². The molecular weight excluding hydrogens is 352 g/mol. The number of hydrogen-bond donors (Lipinski definition) is 3. The molecule has 0 atom stereocenters. The van der Waals surface area contributed by atoms with Gasteiger partial charge in [-0.25, -0.2) is 9.97 Å². The molecule has 0 unspecified atom stereocenters. The van der Waals surface area contributed by atoms with Crippen molar-refractivity contribution in [2.24, 2.45) is 5.73 Å². The molecule has 0 saturated carbocycles. The molecule has 2 aromatic carbocycles. The third kappa shape index (κ3) is 3.27. The zero-order chi connectivity index (χ0) is 19.7. The van der Waals surface area contributed by atoms with Crippen molar-refractivity contribution in [3.05, 3.63) is 65.5 Å². The second kappa shape index (κ2) is 7.28. The predicted molar refractivity (Wildman–Crippen MR) is 111 cm³/mol. The van der Waals surface area contributed by atoms with E-state index in [0.717, 1.165) is 38.9 Å². The standard InChI is InChI=1S/C21H22N6O/c1-13-25-19-20(16-4-2-3-5-17(16)26-21(19)23)27(13)12-15-8-6-14(7-9-15)11-24-18(28)10-22/h2-9H,10-12,22H2,1H3,(H2,23,26)(H,24,28). The molecule has 1 amide bonds. The first-order valence-corrected chi connectivity index (χ1v) is 9.12. The maximum Gasteiger partial charge on any atom is 0.234 e. The number of anilines is 1. The molecule has 0 fully saturated rings. The van der Waals surface area contributed by atoms with Crippen LogP contribution < -0.4 is 16.8 Å². The average molecular weight is 374 g/mol. The van der Waals surface area contributed by atoms with Crippen molar-refractivity contribution in [2.45, 2.75) is 20.0 Å². The van der Waals surface area contributed by atoms with Crippen molar-refractivity contribution in [3.8, 4) is 0 Å². The Morgan fingerprint density at radius 2 is 1.79 bits per heavy atom. The number of rotatable bonds is 5. The summed E-state index contributed by atoms with van der Waals surface area (Å²) in [4.78, 5) is 20.4. The van der Waals surface area contributed by atoms with Crippen LogP contribution in [-0.4, -0.2) is 27.0 Å². The van der Waals surface area contributed by atoms with Gasteiger partial charge in [-0.1, -0.05) is 42.5 Å². The second-order valence-corrected chi connectivity index (χ2v) is 6.75. The van der Waals surface area contributed by atoms with E-state index in [9.17, 15) is 4.79 Å². The summed E-state index contributed by atoms with van der Waals surface area (Å²) in [6.45, 7) is 3.11. The third-order valence-electron chi connectivity index (χ3n) is 4.84. The van der Waals surface area contributed by atoms with Crippen molar-refractivity contribution >= 4 is 33.7 Å². The number of aromatic nitrogens is 3. The molecule has 2 heterocycles. The Morgan fingerprint density at radius 3 is 2.54 bits per heavy atom. The van der Waals surface area contributed by atoms with Crippen molar-refractivity contribution in [2.75, 3.05) is 12.3 Å². The van der Waals surface area contributed by atoms with E-state index in [1.807, 2.05) is 43.3 Å². The molecule has 4 rings (SSSR count). The van der Waals surface area contributed by atoms with Crippen LogP contribution in [0.15, 0.2) is 48.5 Å². The van der Waals surface area contributed by atoms with Crippen molar-refractivity contribution in [1.82, 2.24) is 19.9 Å². The van der Waals surface area contributed by atoms with Gasteiger partial charge >= 0.3 is 0 Å². The molecule has 0 saturated heterocycles. The van der Waals surface area contributed by atoms with Gasteiger partial charge in [0.2, 0.25) is 5.91 Å². The van der Waals surface area contributed by atoms with Gasteiger partial charge in [0.05, 0.1) is 17.6 Å². The van der Waals surface area contributed by atoms with E-state index < -0.39 is 0 Å². The molecule has 7 heteroatoms. The van der Waals surface area contributed by atoms with Crippen LogP contribution in [0.25, 0.3) is 21.9 Å². The molecule has 4 aromatic rings.